The fourth-order valence-electron chi connectivity index (χ4n) is 4.36. The summed E-state index contributed by atoms with van der Waals surface area (Å²) in [6.45, 7) is 4.56. The molecule has 0 radical (unpaired) electrons. The van der Waals surface area contributed by atoms with E-state index in [2.05, 4.69) is 77.9 Å². The van der Waals surface area contributed by atoms with Crippen LogP contribution in [-0.2, 0) is 0 Å². The lowest BCUT2D eigenvalue weighted by molar-refractivity contribution is 0.283. The molecule has 0 aliphatic carbocycles. The van der Waals surface area contributed by atoms with Gasteiger partial charge in [0.1, 0.15) is 0 Å². The van der Waals surface area contributed by atoms with E-state index in [1.807, 2.05) is 0 Å². The van der Waals surface area contributed by atoms with E-state index in [1.54, 1.807) is 11.8 Å². The lowest BCUT2D eigenvalue weighted by Gasteiger charge is -2.19. The summed E-state index contributed by atoms with van der Waals surface area (Å²) in [5.41, 5.74) is 3.56. The van der Waals surface area contributed by atoms with Gasteiger partial charge in [-0.15, -0.1) is 11.8 Å². The predicted molar refractivity (Wildman–Crippen MR) is 132 cm³/mol. The van der Waals surface area contributed by atoms with Crippen molar-refractivity contribution in [2.75, 3.05) is 32.4 Å². The summed E-state index contributed by atoms with van der Waals surface area (Å²) in [6, 6.07) is 24.1. The fourth-order valence-corrected chi connectivity index (χ4v) is 4.77. The van der Waals surface area contributed by atoms with Crippen LogP contribution in [0.5, 0.6) is 0 Å². The summed E-state index contributed by atoms with van der Waals surface area (Å²) in [5.74, 6) is 0. The van der Waals surface area contributed by atoms with Gasteiger partial charge in [-0.2, -0.15) is 0 Å². The first-order valence-corrected chi connectivity index (χ1v) is 12.5. The quantitative estimate of drug-likeness (QED) is 0.243. The standard InChI is InChI=1S/C27H32N2S/c1-30-24-16-14-23(15-17-24)27(26-13-8-11-22-10-4-5-12-25(22)26)28-18-9-21-29-19-6-2-3-7-20-29/h4-5,8,10-17H,2-3,6-7,9,18-21H2,1H3/b28-27-. The Kier molecular flexibility index (Phi) is 7.60. The minimum atomic E-state index is 0.874. The van der Waals surface area contributed by atoms with Crippen molar-refractivity contribution in [3.8, 4) is 0 Å². The third-order valence-electron chi connectivity index (χ3n) is 6.01. The second-order valence-corrected chi connectivity index (χ2v) is 8.97. The number of likely N-dealkylation sites (tertiary alicyclic amines) is 1. The smallest absolute Gasteiger partial charge is 0.0725 e. The van der Waals surface area contributed by atoms with Gasteiger partial charge in [-0.05, 0) is 68.1 Å². The highest BCUT2D eigenvalue weighted by Gasteiger charge is 2.12. The van der Waals surface area contributed by atoms with E-state index in [4.69, 9.17) is 4.99 Å². The summed E-state index contributed by atoms with van der Waals surface area (Å²) in [5, 5.41) is 2.55. The average Bonchev–Trinajstić information content (AvgIpc) is 3.08. The third-order valence-corrected chi connectivity index (χ3v) is 6.75. The van der Waals surface area contributed by atoms with Crippen LogP contribution >= 0.6 is 11.8 Å². The van der Waals surface area contributed by atoms with Gasteiger partial charge in [0.15, 0.2) is 0 Å². The zero-order valence-corrected chi connectivity index (χ0v) is 18.8. The van der Waals surface area contributed by atoms with Crippen LogP contribution in [0.4, 0.5) is 0 Å². The van der Waals surface area contributed by atoms with Crippen LogP contribution in [0.1, 0.15) is 43.2 Å². The zero-order valence-electron chi connectivity index (χ0n) is 18.0. The minimum absolute atomic E-state index is 0.874. The number of nitrogens with zero attached hydrogens (tertiary/aromatic N) is 2. The molecule has 1 heterocycles. The van der Waals surface area contributed by atoms with Crippen LogP contribution in [-0.4, -0.2) is 43.0 Å². The molecule has 0 aromatic heterocycles. The first-order chi connectivity index (χ1) is 14.8. The Hall–Kier alpha value is -2.10. The molecule has 3 aromatic rings. The molecule has 1 fully saturated rings. The summed E-state index contributed by atoms with van der Waals surface area (Å²) in [6.07, 6.45) is 8.74. The van der Waals surface area contributed by atoms with Crippen molar-refractivity contribution in [2.45, 2.75) is 37.0 Å². The van der Waals surface area contributed by atoms with Gasteiger partial charge in [0.05, 0.1) is 5.71 Å². The van der Waals surface area contributed by atoms with Crippen molar-refractivity contribution >= 4 is 28.2 Å². The Balaban J connectivity index is 1.59. The Morgan fingerprint density at radius 3 is 2.37 bits per heavy atom. The first-order valence-electron chi connectivity index (χ1n) is 11.2. The maximum absolute atomic E-state index is 5.16. The molecular formula is C27H32N2S. The van der Waals surface area contributed by atoms with E-state index in [0.717, 1.165) is 25.2 Å². The lowest BCUT2D eigenvalue weighted by atomic mass is 9.96. The van der Waals surface area contributed by atoms with Gasteiger partial charge in [0, 0.05) is 22.6 Å². The SMILES string of the molecule is CSc1ccc(/C(=N/CCCN2CCCCCC2)c2cccc3ccccc23)cc1. The minimum Gasteiger partial charge on any atom is -0.303 e. The molecule has 0 saturated carbocycles. The Morgan fingerprint density at radius 2 is 1.60 bits per heavy atom. The molecule has 30 heavy (non-hydrogen) atoms. The van der Waals surface area contributed by atoms with Gasteiger partial charge in [0.25, 0.3) is 0 Å². The van der Waals surface area contributed by atoms with Crippen molar-refractivity contribution in [1.82, 2.24) is 4.90 Å². The highest BCUT2D eigenvalue weighted by Crippen LogP contribution is 2.24. The second kappa shape index (κ2) is 10.8. The van der Waals surface area contributed by atoms with Crippen LogP contribution in [0, 0.1) is 0 Å². The molecule has 0 amide bonds. The van der Waals surface area contributed by atoms with E-state index in [-0.39, 0.29) is 0 Å². The molecule has 2 nitrogen and oxygen atoms in total. The molecule has 4 rings (SSSR count). The Bertz CT molecular complexity index is 964. The van der Waals surface area contributed by atoms with Gasteiger partial charge >= 0.3 is 0 Å². The molecule has 156 valence electrons. The highest BCUT2D eigenvalue weighted by molar-refractivity contribution is 7.98. The van der Waals surface area contributed by atoms with Crippen molar-refractivity contribution < 1.29 is 0 Å². The van der Waals surface area contributed by atoms with Crippen molar-refractivity contribution in [3.05, 3.63) is 77.9 Å². The number of rotatable bonds is 7. The number of thioether (sulfide) groups is 1. The number of benzene rings is 3. The van der Waals surface area contributed by atoms with Gasteiger partial charge in [-0.3, -0.25) is 4.99 Å². The molecule has 0 N–H and O–H groups in total. The van der Waals surface area contributed by atoms with E-state index in [0.29, 0.717) is 0 Å². The molecule has 1 saturated heterocycles. The topological polar surface area (TPSA) is 15.6 Å². The third kappa shape index (κ3) is 5.33. The molecule has 3 heteroatoms. The lowest BCUT2D eigenvalue weighted by Crippen LogP contribution is -2.26. The summed E-state index contributed by atoms with van der Waals surface area (Å²) in [7, 11) is 0. The summed E-state index contributed by atoms with van der Waals surface area (Å²) < 4.78 is 0. The molecule has 3 aromatic carbocycles. The monoisotopic (exact) mass is 416 g/mol. The number of hydrogen-bond acceptors (Lipinski definition) is 3. The summed E-state index contributed by atoms with van der Waals surface area (Å²) in [4.78, 5) is 9.08. The van der Waals surface area contributed by atoms with Crippen LogP contribution in [0.25, 0.3) is 10.8 Å². The van der Waals surface area contributed by atoms with Gasteiger partial charge in [-0.25, -0.2) is 0 Å². The van der Waals surface area contributed by atoms with Gasteiger partial charge < -0.3 is 4.90 Å². The second-order valence-electron chi connectivity index (χ2n) is 8.09. The molecule has 0 bridgehead atoms. The maximum atomic E-state index is 5.16. The largest absolute Gasteiger partial charge is 0.303 e. The van der Waals surface area contributed by atoms with Crippen molar-refractivity contribution in [1.29, 1.82) is 0 Å². The van der Waals surface area contributed by atoms with Gasteiger partial charge in [0.2, 0.25) is 0 Å². The number of fused-ring (bicyclic) bond motifs is 1. The number of hydrogen-bond donors (Lipinski definition) is 0. The number of aliphatic imine (C=N–C) groups is 1. The van der Waals surface area contributed by atoms with Crippen molar-refractivity contribution in [3.63, 3.8) is 0 Å². The van der Waals surface area contributed by atoms with Gasteiger partial charge in [-0.1, -0.05) is 67.4 Å². The molecular weight excluding hydrogens is 384 g/mol. The Morgan fingerprint density at radius 1 is 0.867 bits per heavy atom. The molecule has 0 spiro atoms. The van der Waals surface area contributed by atoms with E-state index < -0.39 is 0 Å². The molecule has 0 unspecified atom stereocenters. The fraction of sp³-hybridized carbons (Fsp3) is 0.370. The summed E-state index contributed by atoms with van der Waals surface area (Å²) >= 11 is 1.78. The van der Waals surface area contributed by atoms with E-state index in [9.17, 15) is 0 Å². The zero-order chi connectivity index (χ0) is 20.6. The maximum Gasteiger partial charge on any atom is 0.0725 e. The molecule has 1 aliphatic heterocycles. The Labute approximate surface area is 185 Å². The van der Waals surface area contributed by atoms with Crippen molar-refractivity contribution in [2.24, 2.45) is 4.99 Å². The predicted octanol–water partition coefficient (Wildman–Crippen LogP) is 6.67. The van der Waals surface area contributed by atoms with Crippen LogP contribution in [0.3, 0.4) is 0 Å². The van der Waals surface area contributed by atoms with Crippen LogP contribution in [0.2, 0.25) is 0 Å². The van der Waals surface area contributed by atoms with Crippen LogP contribution < -0.4 is 0 Å². The average molecular weight is 417 g/mol. The van der Waals surface area contributed by atoms with E-state index in [1.165, 1.54) is 65.6 Å². The molecule has 0 atom stereocenters. The highest BCUT2D eigenvalue weighted by atomic mass is 32.2. The molecule has 1 aliphatic rings. The van der Waals surface area contributed by atoms with E-state index >= 15 is 0 Å². The normalized spacial score (nSPS) is 16.0. The first kappa shape index (κ1) is 21.1. The van der Waals surface area contributed by atoms with Crippen LogP contribution in [0.15, 0.2) is 76.6 Å².